The van der Waals surface area contributed by atoms with Gasteiger partial charge in [-0.05, 0) is 48.2 Å². The number of carbonyl (C=O) groups excluding carboxylic acids is 1. The van der Waals surface area contributed by atoms with Gasteiger partial charge in [0.1, 0.15) is 6.33 Å². The lowest BCUT2D eigenvalue weighted by Crippen LogP contribution is -2.30. The van der Waals surface area contributed by atoms with Gasteiger partial charge < -0.3 is 15.7 Å². The lowest BCUT2D eigenvalue weighted by Gasteiger charge is -2.26. The van der Waals surface area contributed by atoms with E-state index in [-0.39, 0.29) is 24.6 Å². The van der Waals surface area contributed by atoms with Gasteiger partial charge in [0.05, 0.1) is 6.54 Å². The third-order valence-corrected chi connectivity index (χ3v) is 7.06. The number of aliphatic carboxylic acids is 1. The van der Waals surface area contributed by atoms with Gasteiger partial charge in [-0.1, -0.05) is 6.07 Å². The number of halogens is 5. The highest BCUT2D eigenvalue weighted by molar-refractivity contribution is 7.15. The number of nitrogens with two attached hydrogens (primary N) is 1. The molecule has 3 N–H and O–H groups in total. The summed E-state index contributed by atoms with van der Waals surface area (Å²) in [6.45, 7) is -0.239. The van der Waals surface area contributed by atoms with E-state index in [1.165, 1.54) is 10.9 Å². The summed E-state index contributed by atoms with van der Waals surface area (Å²) in [5.41, 5.74) is 7.78. The molecule has 0 bridgehead atoms. The standard InChI is InChI=1S/C22H23F2N5O2S.C2HF3O2/c1-27-18-5-2-15(10-14(18)3-7-20(27)30)19-6-4-17(32-19)8-9-28-13-26-29(22(28)31)12-16(11-25)21(23)24;3-2(4,5)1(6)7/h2,4-6,10,13H,3,7-9,11-12,25H2,1H3;(H,6,7). The highest BCUT2D eigenvalue weighted by Gasteiger charge is 2.38. The molecule has 2 aromatic heterocycles. The second-order valence-electron chi connectivity index (χ2n) is 8.45. The Kier molecular flexibility index (Phi) is 9.40. The normalized spacial score (nSPS) is 13.0. The number of anilines is 1. The van der Waals surface area contributed by atoms with E-state index < -0.39 is 23.9 Å². The zero-order valence-electron chi connectivity index (χ0n) is 20.5. The van der Waals surface area contributed by atoms with Crippen LogP contribution in [0.1, 0.15) is 16.9 Å². The molecule has 1 aliphatic heterocycles. The first-order valence-electron chi connectivity index (χ1n) is 11.5. The second-order valence-corrected chi connectivity index (χ2v) is 9.62. The molecule has 0 atom stereocenters. The fourth-order valence-electron chi connectivity index (χ4n) is 3.72. The Labute approximate surface area is 222 Å². The molecular formula is C24H24F5N5O4S. The minimum Gasteiger partial charge on any atom is -0.475 e. The summed E-state index contributed by atoms with van der Waals surface area (Å²) in [4.78, 5) is 37.1. The summed E-state index contributed by atoms with van der Waals surface area (Å²) in [5.74, 6) is -2.63. The molecule has 210 valence electrons. The molecule has 0 fully saturated rings. The number of aromatic nitrogens is 3. The number of thiophene rings is 1. The van der Waals surface area contributed by atoms with Crippen LogP contribution in [-0.4, -0.2) is 51.1 Å². The predicted molar refractivity (Wildman–Crippen MR) is 134 cm³/mol. The summed E-state index contributed by atoms with van der Waals surface area (Å²) in [6, 6.07) is 10.2. The van der Waals surface area contributed by atoms with Crippen molar-refractivity contribution in [2.24, 2.45) is 5.73 Å². The Balaban J connectivity index is 0.000000532. The van der Waals surface area contributed by atoms with Crippen molar-refractivity contribution >= 4 is 28.9 Å². The maximum Gasteiger partial charge on any atom is 0.490 e. The Hall–Kier alpha value is -3.85. The van der Waals surface area contributed by atoms with Crippen molar-refractivity contribution in [3.05, 3.63) is 69.2 Å². The third-order valence-electron chi connectivity index (χ3n) is 5.86. The van der Waals surface area contributed by atoms with Gasteiger partial charge in [0.15, 0.2) is 0 Å². The molecule has 1 aromatic carbocycles. The fraction of sp³-hybridized carbons (Fsp3) is 0.333. The van der Waals surface area contributed by atoms with Crippen molar-refractivity contribution in [3.63, 3.8) is 0 Å². The van der Waals surface area contributed by atoms with E-state index in [2.05, 4.69) is 11.2 Å². The van der Waals surface area contributed by atoms with E-state index in [0.29, 0.717) is 19.4 Å². The molecule has 0 unspecified atom stereocenters. The van der Waals surface area contributed by atoms with Crippen LogP contribution in [0.3, 0.4) is 0 Å². The minimum atomic E-state index is -5.08. The molecule has 1 amide bonds. The maximum atomic E-state index is 12.8. The van der Waals surface area contributed by atoms with Crippen molar-refractivity contribution in [2.45, 2.75) is 38.5 Å². The van der Waals surface area contributed by atoms with Crippen molar-refractivity contribution < 1.29 is 36.6 Å². The number of alkyl halides is 3. The zero-order valence-corrected chi connectivity index (χ0v) is 21.4. The van der Waals surface area contributed by atoms with E-state index in [1.807, 2.05) is 24.3 Å². The molecule has 0 saturated heterocycles. The van der Waals surface area contributed by atoms with E-state index in [0.717, 1.165) is 37.7 Å². The first-order valence-corrected chi connectivity index (χ1v) is 12.3. The SMILES string of the molecule is CN1C(=O)CCc2cc(-c3ccc(CCn4cnn(CC(CN)=C(F)F)c4=O)s3)ccc21.O=C(O)C(F)(F)F. The van der Waals surface area contributed by atoms with Crippen LogP contribution in [0.4, 0.5) is 27.6 Å². The molecule has 0 radical (unpaired) electrons. The first kappa shape index (κ1) is 29.7. The highest BCUT2D eigenvalue weighted by Crippen LogP contribution is 2.34. The van der Waals surface area contributed by atoms with Crippen molar-refractivity contribution in [1.82, 2.24) is 14.3 Å². The summed E-state index contributed by atoms with van der Waals surface area (Å²) >= 11 is 1.64. The molecule has 0 saturated carbocycles. The summed E-state index contributed by atoms with van der Waals surface area (Å²) in [6.07, 6.45) is -3.71. The van der Waals surface area contributed by atoms with E-state index >= 15 is 0 Å². The van der Waals surface area contributed by atoms with Gasteiger partial charge in [0, 0.05) is 47.6 Å². The lowest BCUT2D eigenvalue weighted by molar-refractivity contribution is -0.192. The average molecular weight is 574 g/mol. The molecule has 9 nitrogen and oxygen atoms in total. The van der Waals surface area contributed by atoms with Gasteiger partial charge in [0.2, 0.25) is 5.91 Å². The molecule has 39 heavy (non-hydrogen) atoms. The van der Waals surface area contributed by atoms with Crippen LogP contribution in [0.5, 0.6) is 0 Å². The number of carbonyl (C=O) groups is 2. The number of carboxylic acid groups (broad SMARTS) is 1. The molecule has 4 rings (SSSR count). The van der Waals surface area contributed by atoms with E-state index in [1.54, 1.807) is 23.3 Å². The van der Waals surface area contributed by atoms with Crippen molar-refractivity contribution in [2.75, 3.05) is 18.5 Å². The van der Waals surface area contributed by atoms with Gasteiger partial charge in [-0.15, -0.1) is 11.3 Å². The smallest absolute Gasteiger partial charge is 0.475 e. The molecule has 3 heterocycles. The lowest BCUT2D eigenvalue weighted by atomic mass is 9.99. The van der Waals surface area contributed by atoms with Gasteiger partial charge in [-0.3, -0.25) is 9.36 Å². The molecule has 1 aliphatic rings. The number of carboxylic acids is 1. The Morgan fingerprint density at radius 2 is 1.85 bits per heavy atom. The van der Waals surface area contributed by atoms with Crippen molar-refractivity contribution in [1.29, 1.82) is 0 Å². The van der Waals surface area contributed by atoms with Gasteiger partial charge >= 0.3 is 17.8 Å². The van der Waals surface area contributed by atoms with Gasteiger partial charge in [-0.2, -0.15) is 27.1 Å². The van der Waals surface area contributed by atoms with Gasteiger partial charge in [-0.25, -0.2) is 14.3 Å². The zero-order chi connectivity index (χ0) is 28.9. The highest BCUT2D eigenvalue weighted by atomic mass is 32.1. The van der Waals surface area contributed by atoms with Gasteiger partial charge in [0.25, 0.3) is 6.08 Å². The van der Waals surface area contributed by atoms with Crippen LogP contribution >= 0.6 is 11.3 Å². The number of nitrogens with zero attached hydrogens (tertiary/aromatic N) is 4. The number of fused-ring (bicyclic) bond motifs is 1. The predicted octanol–water partition coefficient (Wildman–Crippen LogP) is 3.67. The number of amides is 1. The topological polar surface area (TPSA) is 123 Å². The number of aryl methyl sites for hydroxylation is 3. The van der Waals surface area contributed by atoms with Crippen LogP contribution in [0, 0.1) is 0 Å². The Bertz CT molecular complexity index is 1440. The molecule has 0 aliphatic carbocycles. The minimum absolute atomic E-state index is 0.132. The number of benzene rings is 1. The largest absolute Gasteiger partial charge is 0.490 e. The quantitative estimate of drug-likeness (QED) is 0.416. The third kappa shape index (κ3) is 7.38. The summed E-state index contributed by atoms with van der Waals surface area (Å²) < 4.78 is 59.7. The van der Waals surface area contributed by atoms with Crippen LogP contribution in [0.2, 0.25) is 0 Å². The van der Waals surface area contributed by atoms with Crippen LogP contribution in [-0.2, 0) is 35.5 Å². The summed E-state index contributed by atoms with van der Waals surface area (Å²) in [5, 5.41) is 11.0. The van der Waals surface area contributed by atoms with Crippen molar-refractivity contribution in [3.8, 4) is 10.4 Å². The van der Waals surface area contributed by atoms with E-state index in [4.69, 9.17) is 15.6 Å². The molecule has 3 aromatic rings. The first-order chi connectivity index (χ1) is 18.3. The van der Waals surface area contributed by atoms with Crippen LogP contribution in [0.25, 0.3) is 10.4 Å². The summed E-state index contributed by atoms with van der Waals surface area (Å²) in [7, 11) is 1.80. The number of rotatable bonds is 7. The van der Waals surface area contributed by atoms with E-state index in [9.17, 15) is 31.5 Å². The molecular weight excluding hydrogens is 549 g/mol. The van der Waals surface area contributed by atoms with Crippen LogP contribution < -0.4 is 16.3 Å². The Morgan fingerprint density at radius 3 is 2.46 bits per heavy atom. The number of hydrogen-bond acceptors (Lipinski definition) is 6. The average Bonchev–Trinajstić information content (AvgIpc) is 3.49. The molecule has 15 heteroatoms. The fourth-order valence-corrected chi connectivity index (χ4v) is 4.72. The number of hydrogen-bond donors (Lipinski definition) is 2. The second kappa shape index (κ2) is 12.3. The maximum absolute atomic E-state index is 12.8. The Morgan fingerprint density at radius 1 is 1.15 bits per heavy atom. The monoisotopic (exact) mass is 573 g/mol. The van der Waals surface area contributed by atoms with Crippen LogP contribution in [0.15, 0.2) is 53.1 Å². The molecule has 0 spiro atoms.